The van der Waals surface area contributed by atoms with Crippen LogP contribution in [-0.4, -0.2) is 24.1 Å². The fraction of sp³-hybridized carbons (Fsp3) is 0. The Morgan fingerprint density at radius 3 is 1.44 bits per heavy atom. The van der Waals surface area contributed by atoms with E-state index in [0.29, 0.717) is 23.0 Å². The van der Waals surface area contributed by atoms with Crippen molar-refractivity contribution >= 4 is 107 Å². The molecule has 15 rings (SSSR count). The van der Waals surface area contributed by atoms with Gasteiger partial charge in [-0.05, 0) is 78.4 Å². The Morgan fingerprint density at radius 2 is 0.861 bits per heavy atom. The van der Waals surface area contributed by atoms with Gasteiger partial charge in [0.2, 0.25) is 0 Å². The maximum Gasteiger partial charge on any atom is 0.164 e. The molecule has 0 spiro atoms. The first-order valence-electron chi connectivity index (χ1n) is 23.9. The molecule has 15 aromatic rings. The molecule has 0 saturated carbocycles. The molecule has 0 radical (unpaired) electrons. The zero-order valence-corrected chi connectivity index (χ0v) is 39.9. The van der Waals surface area contributed by atoms with Gasteiger partial charge >= 0.3 is 0 Å². The second-order valence-corrected chi connectivity index (χ2v) is 20.3. The summed E-state index contributed by atoms with van der Waals surface area (Å²) in [5.74, 6) is 1.68. The zero-order chi connectivity index (χ0) is 47.4. The van der Waals surface area contributed by atoms with Gasteiger partial charge in [0, 0.05) is 89.8 Å². The first-order valence-corrected chi connectivity index (χ1v) is 25.5. The Hall–Kier alpha value is -9.26. The Labute approximate surface area is 420 Å². The first-order chi connectivity index (χ1) is 35.7. The van der Waals surface area contributed by atoms with E-state index in [1.165, 1.54) is 61.9 Å². The van der Waals surface area contributed by atoms with Crippen LogP contribution in [-0.2, 0) is 0 Å². The molecular weight excluding hydrogens is 917 g/mol. The number of benzene rings is 10. The maximum absolute atomic E-state index is 10.8. The fourth-order valence-corrected chi connectivity index (χ4v) is 13.6. The third kappa shape index (κ3) is 6.09. The second kappa shape index (κ2) is 15.9. The van der Waals surface area contributed by atoms with Crippen LogP contribution in [0, 0.1) is 11.3 Å². The van der Waals surface area contributed by atoms with Crippen molar-refractivity contribution in [3.05, 3.63) is 224 Å². The summed E-state index contributed by atoms with van der Waals surface area (Å²) in [6.07, 6.45) is 0. The van der Waals surface area contributed by atoms with Crippen molar-refractivity contribution in [3.63, 3.8) is 0 Å². The minimum atomic E-state index is 0.529. The molecule has 6 nitrogen and oxygen atoms in total. The number of nitrogens with zero attached hydrogens (tertiary/aromatic N) is 6. The van der Waals surface area contributed by atoms with Gasteiger partial charge in [0.15, 0.2) is 17.5 Å². The molecule has 0 aliphatic carbocycles. The topological polar surface area (TPSA) is 72.3 Å². The molecule has 0 aliphatic heterocycles. The van der Waals surface area contributed by atoms with Crippen LogP contribution in [0.25, 0.3) is 141 Å². The molecule has 0 amide bonds. The predicted octanol–water partition coefficient (Wildman–Crippen LogP) is 17.3. The summed E-state index contributed by atoms with van der Waals surface area (Å²) in [5.41, 5.74) is 11.2. The summed E-state index contributed by atoms with van der Waals surface area (Å²) in [6, 6.07) is 79.4. The van der Waals surface area contributed by atoms with Crippen molar-refractivity contribution in [1.29, 1.82) is 5.26 Å². The van der Waals surface area contributed by atoms with Crippen molar-refractivity contribution in [1.82, 2.24) is 24.1 Å². The quantitative estimate of drug-likeness (QED) is 0.166. The summed E-state index contributed by atoms with van der Waals surface area (Å²) in [6.45, 7) is 0. The molecule has 5 aromatic heterocycles. The number of para-hydroxylation sites is 2. The maximum atomic E-state index is 10.8. The molecule has 0 atom stereocenters. The summed E-state index contributed by atoms with van der Waals surface area (Å²) in [5, 5.41) is 20.6. The predicted molar refractivity (Wildman–Crippen MR) is 301 cm³/mol. The van der Waals surface area contributed by atoms with Crippen molar-refractivity contribution in [2.45, 2.75) is 0 Å². The highest BCUT2D eigenvalue weighted by atomic mass is 32.1. The second-order valence-electron chi connectivity index (χ2n) is 18.2. The van der Waals surface area contributed by atoms with E-state index in [4.69, 9.17) is 15.0 Å². The minimum Gasteiger partial charge on any atom is -0.309 e. The standard InChI is InChI=1S/C64H36N6S2/c65-37-38-27-32-53(70-52-24-12-8-22-48(52)59-55(70)34-31-45-43-20-10-14-26-57(43)72-61(45)59)50(35-38)49-36-41(28-29-46(49)64-67-62(39-15-3-1-4-16-39)66-63(68-64)40-17-5-2-6-18-40)69-51-23-11-7-21-47(51)58-54(69)33-30-44-42-19-9-13-25-56(42)71-60(44)58/h1-36H. The summed E-state index contributed by atoms with van der Waals surface area (Å²) < 4.78 is 9.85. The minimum absolute atomic E-state index is 0.529. The monoisotopic (exact) mass is 952 g/mol. The lowest BCUT2D eigenvalue weighted by Gasteiger charge is -2.19. The van der Waals surface area contributed by atoms with Gasteiger partial charge in [-0.25, -0.2) is 15.0 Å². The lowest BCUT2D eigenvalue weighted by molar-refractivity contribution is 1.07. The van der Waals surface area contributed by atoms with E-state index in [9.17, 15) is 5.26 Å². The highest BCUT2D eigenvalue weighted by Crippen LogP contribution is 2.47. The van der Waals surface area contributed by atoms with E-state index in [0.717, 1.165) is 61.3 Å². The number of hydrogen-bond donors (Lipinski definition) is 0. The Balaban J connectivity index is 1.06. The molecule has 0 unspecified atom stereocenters. The van der Waals surface area contributed by atoms with Crippen molar-refractivity contribution in [2.75, 3.05) is 0 Å². The Bertz CT molecular complexity index is 4710. The van der Waals surface area contributed by atoms with Crippen LogP contribution in [0.5, 0.6) is 0 Å². The van der Waals surface area contributed by atoms with Crippen LogP contribution in [0.2, 0.25) is 0 Å². The van der Waals surface area contributed by atoms with Crippen molar-refractivity contribution in [3.8, 4) is 62.7 Å². The van der Waals surface area contributed by atoms with Gasteiger partial charge in [0.1, 0.15) is 0 Å². The third-order valence-corrected chi connectivity index (χ3v) is 16.6. The number of aromatic nitrogens is 5. The lowest BCUT2D eigenvalue weighted by atomic mass is 9.94. The molecule has 334 valence electrons. The van der Waals surface area contributed by atoms with Crippen LogP contribution in [0.4, 0.5) is 0 Å². The molecule has 8 heteroatoms. The highest BCUT2D eigenvalue weighted by Gasteiger charge is 2.25. The van der Waals surface area contributed by atoms with Gasteiger partial charge < -0.3 is 9.13 Å². The largest absolute Gasteiger partial charge is 0.309 e. The summed E-state index contributed by atoms with van der Waals surface area (Å²) in [7, 11) is 0. The van der Waals surface area contributed by atoms with Crippen LogP contribution >= 0.6 is 22.7 Å². The van der Waals surface area contributed by atoms with Crippen molar-refractivity contribution < 1.29 is 0 Å². The fourth-order valence-electron chi connectivity index (χ4n) is 11.0. The average Bonchev–Trinajstić information content (AvgIpc) is 4.21. The van der Waals surface area contributed by atoms with E-state index < -0.39 is 0 Å². The van der Waals surface area contributed by atoms with E-state index in [1.54, 1.807) is 0 Å². The molecule has 0 saturated heterocycles. The number of nitriles is 1. The Morgan fingerprint density at radius 1 is 0.361 bits per heavy atom. The normalized spacial score (nSPS) is 11.9. The number of rotatable bonds is 6. The molecular formula is C64H36N6S2. The lowest BCUT2D eigenvalue weighted by Crippen LogP contribution is -2.04. The molecule has 0 bridgehead atoms. The highest BCUT2D eigenvalue weighted by molar-refractivity contribution is 7.27. The number of hydrogen-bond acceptors (Lipinski definition) is 6. The molecule has 72 heavy (non-hydrogen) atoms. The van der Waals surface area contributed by atoms with Gasteiger partial charge in [0.05, 0.1) is 39.4 Å². The van der Waals surface area contributed by atoms with Gasteiger partial charge in [-0.3, -0.25) is 0 Å². The summed E-state index contributed by atoms with van der Waals surface area (Å²) >= 11 is 3.70. The van der Waals surface area contributed by atoms with Gasteiger partial charge in [-0.15, -0.1) is 22.7 Å². The summed E-state index contributed by atoms with van der Waals surface area (Å²) in [4.78, 5) is 15.7. The van der Waals surface area contributed by atoms with Crippen LogP contribution < -0.4 is 0 Å². The van der Waals surface area contributed by atoms with Crippen LogP contribution in [0.15, 0.2) is 218 Å². The van der Waals surface area contributed by atoms with E-state index in [-0.39, 0.29) is 0 Å². The van der Waals surface area contributed by atoms with Crippen LogP contribution in [0.3, 0.4) is 0 Å². The van der Waals surface area contributed by atoms with Gasteiger partial charge in [0.25, 0.3) is 0 Å². The average molecular weight is 953 g/mol. The van der Waals surface area contributed by atoms with Gasteiger partial charge in [-0.2, -0.15) is 5.26 Å². The SMILES string of the molecule is N#Cc1ccc(-n2c3ccccc3c3c4sc5ccccc5c4ccc32)c(-c2cc(-n3c4ccccc4c4c5sc6ccccc6c5ccc43)ccc2-c2nc(-c3ccccc3)nc(-c3ccccc3)n2)c1. The smallest absolute Gasteiger partial charge is 0.164 e. The van der Waals surface area contributed by atoms with E-state index >= 15 is 0 Å². The van der Waals surface area contributed by atoms with E-state index in [2.05, 4.69) is 161 Å². The third-order valence-electron chi connectivity index (χ3n) is 14.2. The first kappa shape index (κ1) is 40.6. The Kier molecular flexibility index (Phi) is 8.96. The number of fused-ring (bicyclic) bond motifs is 14. The van der Waals surface area contributed by atoms with E-state index in [1.807, 2.05) is 95.5 Å². The van der Waals surface area contributed by atoms with Gasteiger partial charge in [-0.1, -0.05) is 146 Å². The molecule has 10 aromatic carbocycles. The molecule has 0 N–H and O–H groups in total. The molecule has 0 aliphatic rings. The zero-order valence-electron chi connectivity index (χ0n) is 38.3. The van der Waals surface area contributed by atoms with Crippen LogP contribution in [0.1, 0.15) is 5.56 Å². The van der Waals surface area contributed by atoms with Crippen molar-refractivity contribution in [2.24, 2.45) is 0 Å². The number of thiophene rings is 2. The molecule has 5 heterocycles. The molecule has 0 fully saturated rings.